The predicted molar refractivity (Wildman–Crippen MR) is 146 cm³/mol. The molecule has 1 amide bonds. The molecule has 0 aromatic heterocycles. The van der Waals surface area contributed by atoms with Crippen molar-refractivity contribution in [3.05, 3.63) is 64.6 Å². The number of nitrogens with zero attached hydrogens (tertiary/aromatic N) is 1. The number of benzene rings is 1. The van der Waals surface area contributed by atoms with Crippen molar-refractivity contribution in [1.29, 1.82) is 0 Å². The number of rotatable bonds is 10. The molecular weight excluding hydrogens is 434 g/mol. The Kier molecular flexibility index (Phi) is 11.3. The molecule has 1 aromatic carbocycles. The largest absolute Gasteiger partial charge is 0.486 e. The van der Waals surface area contributed by atoms with Gasteiger partial charge < -0.3 is 9.47 Å². The highest BCUT2D eigenvalue weighted by molar-refractivity contribution is 6.08. The Morgan fingerprint density at radius 1 is 1.23 bits per heavy atom. The Morgan fingerprint density at radius 3 is 2.40 bits per heavy atom. The highest BCUT2D eigenvalue weighted by Crippen LogP contribution is 2.46. The van der Waals surface area contributed by atoms with Crippen molar-refractivity contribution in [2.75, 3.05) is 18.1 Å². The van der Waals surface area contributed by atoms with Gasteiger partial charge in [-0.3, -0.25) is 9.69 Å². The van der Waals surface area contributed by atoms with Crippen LogP contribution in [0, 0.1) is 25.7 Å². The van der Waals surface area contributed by atoms with Crippen LogP contribution < -0.4 is 4.90 Å². The van der Waals surface area contributed by atoms with Gasteiger partial charge in [-0.2, -0.15) is 0 Å². The van der Waals surface area contributed by atoms with Gasteiger partial charge in [0.15, 0.2) is 0 Å². The monoisotopic (exact) mass is 477 g/mol. The molecule has 3 rings (SSSR count). The van der Waals surface area contributed by atoms with Crippen molar-refractivity contribution in [3.8, 4) is 11.8 Å². The Labute approximate surface area is 213 Å². The number of carbonyl (C=O) groups excluding carboxylic acids is 1. The van der Waals surface area contributed by atoms with E-state index in [4.69, 9.17) is 9.47 Å². The van der Waals surface area contributed by atoms with E-state index < -0.39 is 0 Å². The van der Waals surface area contributed by atoms with E-state index >= 15 is 0 Å². The minimum absolute atomic E-state index is 0.0612. The molecule has 1 saturated heterocycles. The van der Waals surface area contributed by atoms with Crippen LogP contribution >= 0.6 is 0 Å². The Balaban J connectivity index is 0.00000210. The van der Waals surface area contributed by atoms with E-state index in [0.29, 0.717) is 24.9 Å². The van der Waals surface area contributed by atoms with Gasteiger partial charge in [0.1, 0.15) is 11.9 Å². The van der Waals surface area contributed by atoms with Crippen LogP contribution in [0.15, 0.2) is 47.9 Å². The number of ether oxygens (including phenoxy) is 2. The summed E-state index contributed by atoms with van der Waals surface area (Å²) in [7, 11) is 0. The van der Waals surface area contributed by atoms with E-state index in [1.807, 2.05) is 31.7 Å². The number of hydrogen-bond donors (Lipinski definition) is 0. The molecule has 0 atom stereocenters. The minimum atomic E-state index is -0.185. The van der Waals surface area contributed by atoms with Gasteiger partial charge in [-0.05, 0) is 106 Å². The molecule has 1 aromatic rings. The summed E-state index contributed by atoms with van der Waals surface area (Å²) in [6.45, 7) is 19.3. The lowest BCUT2D eigenvalue weighted by Crippen LogP contribution is -2.35. The molecule has 0 N–H and O–H groups in total. The summed E-state index contributed by atoms with van der Waals surface area (Å²) in [5, 5.41) is 0. The molecule has 190 valence electrons. The van der Waals surface area contributed by atoms with E-state index in [9.17, 15) is 4.79 Å². The second-order valence-corrected chi connectivity index (χ2v) is 9.05. The first-order chi connectivity index (χ1) is 16.9. The van der Waals surface area contributed by atoms with Crippen molar-refractivity contribution in [2.45, 2.75) is 92.6 Å². The summed E-state index contributed by atoms with van der Waals surface area (Å²) in [5.41, 5.74) is 6.63. The van der Waals surface area contributed by atoms with Gasteiger partial charge in [0.2, 0.25) is 0 Å². The summed E-state index contributed by atoms with van der Waals surface area (Å²) < 4.78 is 11.2. The van der Waals surface area contributed by atoms with Crippen LogP contribution in [0.1, 0.15) is 89.3 Å². The summed E-state index contributed by atoms with van der Waals surface area (Å²) in [6.07, 6.45) is 8.92. The predicted octanol–water partition coefficient (Wildman–Crippen LogP) is 7.51. The van der Waals surface area contributed by atoms with Crippen LogP contribution in [0.2, 0.25) is 0 Å². The molecule has 1 heterocycles. The van der Waals surface area contributed by atoms with E-state index in [1.165, 1.54) is 29.5 Å². The molecule has 35 heavy (non-hydrogen) atoms. The summed E-state index contributed by atoms with van der Waals surface area (Å²) in [5.74, 6) is 6.65. The second-order valence-electron chi connectivity index (χ2n) is 9.05. The smallest absolute Gasteiger partial charge is 0.307 e. The lowest BCUT2D eigenvalue weighted by Gasteiger charge is -2.29. The number of carbonyl (C=O) groups is 1. The molecule has 0 unspecified atom stereocenters. The Hall–Kier alpha value is -2.77. The molecule has 0 bridgehead atoms. The van der Waals surface area contributed by atoms with Gasteiger partial charge in [0, 0.05) is 5.70 Å². The highest BCUT2D eigenvalue weighted by Gasteiger charge is 2.31. The van der Waals surface area contributed by atoms with Gasteiger partial charge in [-0.1, -0.05) is 45.8 Å². The summed E-state index contributed by atoms with van der Waals surface area (Å²) >= 11 is 0. The third-order valence-electron chi connectivity index (χ3n) is 6.30. The summed E-state index contributed by atoms with van der Waals surface area (Å²) in [4.78, 5) is 15.3. The SMILES string of the molecule is C=C/C(=C\C(C)=C(/CCCC)N(C(=O)C#CC)c1cc(C)c(C)cc1C1CC1)OC1COC1.CC. The zero-order chi connectivity index (χ0) is 26.0. The van der Waals surface area contributed by atoms with Crippen LogP contribution in [0.3, 0.4) is 0 Å². The molecule has 1 saturated carbocycles. The first-order valence-electron chi connectivity index (χ1n) is 13.1. The molecule has 2 fully saturated rings. The fourth-order valence-electron chi connectivity index (χ4n) is 4.02. The molecule has 0 spiro atoms. The minimum Gasteiger partial charge on any atom is -0.486 e. The Morgan fingerprint density at radius 2 is 1.89 bits per heavy atom. The van der Waals surface area contributed by atoms with Gasteiger partial charge >= 0.3 is 5.91 Å². The van der Waals surface area contributed by atoms with Crippen molar-refractivity contribution >= 4 is 11.6 Å². The lowest BCUT2D eigenvalue weighted by atomic mass is 9.98. The van der Waals surface area contributed by atoms with E-state index in [1.54, 1.807) is 13.0 Å². The highest BCUT2D eigenvalue weighted by atomic mass is 16.6. The third kappa shape index (κ3) is 7.61. The molecule has 1 aliphatic heterocycles. The molecule has 4 heteroatoms. The third-order valence-corrected chi connectivity index (χ3v) is 6.30. The first kappa shape index (κ1) is 28.5. The number of unbranched alkanes of at least 4 members (excludes halogenated alkanes) is 1. The maximum absolute atomic E-state index is 13.5. The molecule has 2 aliphatic rings. The number of aryl methyl sites for hydroxylation is 2. The van der Waals surface area contributed by atoms with Crippen LogP contribution in [0.25, 0.3) is 0 Å². The average Bonchev–Trinajstić information content (AvgIpc) is 3.66. The second kappa shape index (κ2) is 14.0. The number of hydrogen-bond acceptors (Lipinski definition) is 3. The van der Waals surface area contributed by atoms with E-state index in [-0.39, 0.29) is 12.0 Å². The van der Waals surface area contributed by atoms with Crippen LogP contribution in [0.4, 0.5) is 5.69 Å². The quantitative estimate of drug-likeness (QED) is 0.199. The van der Waals surface area contributed by atoms with E-state index in [0.717, 1.165) is 36.2 Å². The Bertz CT molecular complexity index is 1010. The van der Waals surface area contributed by atoms with Crippen LogP contribution in [-0.4, -0.2) is 25.2 Å². The topological polar surface area (TPSA) is 38.8 Å². The van der Waals surface area contributed by atoms with Gasteiger partial charge in [0.25, 0.3) is 0 Å². The molecule has 0 radical (unpaired) electrons. The zero-order valence-corrected chi connectivity index (χ0v) is 22.8. The van der Waals surface area contributed by atoms with Crippen molar-refractivity contribution in [3.63, 3.8) is 0 Å². The normalized spacial score (nSPS) is 16.0. The maximum atomic E-state index is 13.5. The zero-order valence-electron chi connectivity index (χ0n) is 22.8. The number of anilines is 1. The average molecular weight is 478 g/mol. The molecular formula is C31H43NO3. The number of allylic oxidation sites excluding steroid dienone is 4. The van der Waals surface area contributed by atoms with Crippen molar-refractivity contribution in [2.24, 2.45) is 0 Å². The fraction of sp³-hybridized carbons (Fsp3) is 0.516. The van der Waals surface area contributed by atoms with Crippen LogP contribution in [-0.2, 0) is 14.3 Å². The van der Waals surface area contributed by atoms with Crippen molar-refractivity contribution < 1.29 is 14.3 Å². The molecule has 4 nitrogen and oxygen atoms in total. The van der Waals surface area contributed by atoms with E-state index in [2.05, 4.69) is 51.3 Å². The standard InChI is InChI=1S/C29H37NO3.C2H6/c1-7-10-12-27(22(6)15-24(9-3)33-25-18-32-19-25)30(29(31)11-8-2)28-17-21(5)20(4)16-26(28)23-13-14-23;1-2/h9,15-17,23,25H,3,7,10,12-14,18-19H2,1-2,4-6H3;1-2H3/b24-15+,27-22+;. The van der Waals surface area contributed by atoms with Crippen molar-refractivity contribution in [1.82, 2.24) is 0 Å². The fourth-order valence-corrected chi connectivity index (χ4v) is 4.02. The first-order valence-corrected chi connectivity index (χ1v) is 13.1. The van der Waals surface area contributed by atoms with Gasteiger partial charge in [-0.15, -0.1) is 0 Å². The lowest BCUT2D eigenvalue weighted by molar-refractivity contribution is -0.113. The van der Waals surface area contributed by atoms with Gasteiger partial charge in [-0.25, -0.2) is 0 Å². The molecule has 1 aliphatic carbocycles. The van der Waals surface area contributed by atoms with Crippen LogP contribution in [0.5, 0.6) is 0 Å². The summed E-state index contributed by atoms with van der Waals surface area (Å²) in [6, 6.07) is 4.43. The number of amides is 1. The van der Waals surface area contributed by atoms with Gasteiger partial charge in [0.05, 0.1) is 18.9 Å². The maximum Gasteiger partial charge on any atom is 0.307 e.